The molecule has 0 bridgehead atoms. The lowest BCUT2D eigenvalue weighted by atomic mass is 10.1. The van der Waals surface area contributed by atoms with Gasteiger partial charge in [0.05, 0.1) is 25.1 Å². The van der Waals surface area contributed by atoms with E-state index in [1.165, 1.54) is 13.3 Å². The van der Waals surface area contributed by atoms with Gasteiger partial charge in [-0.2, -0.15) is 5.10 Å². The average Bonchev–Trinajstić information content (AvgIpc) is 3.10. The highest BCUT2D eigenvalue weighted by Gasteiger charge is 2.15. The first-order valence-electron chi connectivity index (χ1n) is 6.51. The van der Waals surface area contributed by atoms with Crippen molar-refractivity contribution in [2.45, 2.75) is 0 Å². The molecule has 0 unspecified atom stereocenters. The number of carbonyl (C=O) groups is 1. The Bertz CT molecular complexity index is 861. The summed E-state index contributed by atoms with van der Waals surface area (Å²) in [4.78, 5) is 18.5. The number of nitrogens with zero attached hydrogens (tertiary/aromatic N) is 3. The lowest BCUT2D eigenvalue weighted by Crippen LogP contribution is -1.98. The van der Waals surface area contributed by atoms with Gasteiger partial charge in [-0.25, -0.2) is 9.51 Å². The van der Waals surface area contributed by atoms with Gasteiger partial charge in [0, 0.05) is 5.56 Å². The highest BCUT2D eigenvalue weighted by molar-refractivity contribution is 6.25. The fourth-order valence-electron chi connectivity index (χ4n) is 2.10. The maximum absolute atomic E-state index is 11.4. The third-order valence-corrected chi connectivity index (χ3v) is 3.14. The maximum atomic E-state index is 11.4. The second-order valence-corrected chi connectivity index (χ2v) is 4.51. The van der Waals surface area contributed by atoms with E-state index in [-0.39, 0.29) is 5.90 Å². The molecule has 2 heterocycles. The Balaban J connectivity index is 2.05. The van der Waals surface area contributed by atoms with E-state index in [0.29, 0.717) is 22.7 Å². The van der Waals surface area contributed by atoms with Crippen LogP contribution in [0.5, 0.6) is 0 Å². The highest BCUT2D eigenvalue weighted by Crippen LogP contribution is 2.25. The number of aromatic nitrogens is 3. The van der Waals surface area contributed by atoms with Crippen molar-refractivity contribution in [1.82, 2.24) is 14.6 Å². The summed E-state index contributed by atoms with van der Waals surface area (Å²) in [5.41, 5.74) is 2.51. The zero-order valence-electron chi connectivity index (χ0n) is 11.8. The van der Waals surface area contributed by atoms with E-state index in [4.69, 9.17) is 10.1 Å². The minimum absolute atomic E-state index is 0.0622. The van der Waals surface area contributed by atoms with Crippen molar-refractivity contribution >= 4 is 29.9 Å². The van der Waals surface area contributed by atoms with Crippen molar-refractivity contribution in [2.24, 2.45) is 4.99 Å². The van der Waals surface area contributed by atoms with Crippen molar-refractivity contribution < 1.29 is 9.53 Å². The summed E-state index contributed by atoms with van der Waals surface area (Å²) < 4.78 is 6.26. The molecule has 3 rings (SSSR count). The van der Waals surface area contributed by atoms with Gasteiger partial charge < -0.3 is 9.72 Å². The van der Waals surface area contributed by atoms with Gasteiger partial charge >= 0.3 is 0 Å². The number of carbonyl (C=O) groups excluding carboxylic acids is 1. The van der Waals surface area contributed by atoms with Crippen LogP contribution in [-0.4, -0.2) is 40.1 Å². The summed E-state index contributed by atoms with van der Waals surface area (Å²) in [5.74, 6) is 0.417. The number of hydrogen-bond donors (Lipinski definition) is 2. The minimum Gasteiger partial charge on any atom is -0.480 e. The van der Waals surface area contributed by atoms with Gasteiger partial charge in [0.2, 0.25) is 5.90 Å². The second-order valence-electron chi connectivity index (χ2n) is 4.51. The molecule has 2 N–H and O–H groups in total. The van der Waals surface area contributed by atoms with E-state index in [9.17, 15) is 4.79 Å². The predicted octanol–water partition coefficient (Wildman–Crippen LogP) is 2.47. The topological polar surface area (TPSA) is 95.6 Å². The van der Waals surface area contributed by atoms with Crippen molar-refractivity contribution in [3.05, 3.63) is 42.1 Å². The molecule has 0 aliphatic carbocycles. The summed E-state index contributed by atoms with van der Waals surface area (Å²) in [6.07, 6.45) is 3.68. The van der Waals surface area contributed by atoms with Crippen LogP contribution < -0.4 is 0 Å². The van der Waals surface area contributed by atoms with E-state index in [0.717, 1.165) is 11.8 Å². The zero-order chi connectivity index (χ0) is 15.5. The molecular weight excluding hydrogens is 282 g/mol. The summed E-state index contributed by atoms with van der Waals surface area (Å²) >= 11 is 0. The molecular formula is C15H13N5O2. The van der Waals surface area contributed by atoms with Crippen LogP contribution in [0.1, 0.15) is 10.4 Å². The van der Waals surface area contributed by atoms with Crippen LogP contribution in [0, 0.1) is 5.41 Å². The van der Waals surface area contributed by atoms with Gasteiger partial charge in [-0.05, 0) is 0 Å². The van der Waals surface area contributed by atoms with Crippen LogP contribution in [0.4, 0.5) is 5.82 Å². The molecule has 0 fully saturated rings. The summed E-state index contributed by atoms with van der Waals surface area (Å²) in [6.45, 7) is 0. The molecule has 22 heavy (non-hydrogen) atoms. The Morgan fingerprint density at radius 3 is 2.86 bits per heavy atom. The normalized spacial score (nSPS) is 11.1. The Kier molecular flexibility index (Phi) is 3.53. The number of aldehydes is 1. The van der Waals surface area contributed by atoms with Crippen molar-refractivity contribution in [2.75, 3.05) is 7.11 Å². The summed E-state index contributed by atoms with van der Waals surface area (Å²) in [7, 11) is 1.40. The van der Waals surface area contributed by atoms with Gasteiger partial charge in [-0.3, -0.25) is 10.2 Å². The maximum Gasteiger partial charge on any atom is 0.224 e. The number of ether oxygens (including phenoxy) is 1. The first kappa shape index (κ1) is 13.7. The standard InChI is InChI=1S/C15H13N5O2/c1-22-12(16)7-17-13-8-20-15(18-13)11(9-21)14(19-20)10-5-3-2-4-6-10/h2-9,16,18H,1H3/b16-12?,17-7-. The molecule has 3 aromatic rings. The van der Waals surface area contributed by atoms with Crippen LogP contribution in [0.25, 0.3) is 16.9 Å². The Labute approximate surface area is 125 Å². The number of methoxy groups -OCH3 is 1. The Hall–Kier alpha value is -3.22. The average molecular weight is 295 g/mol. The zero-order valence-corrected chi connectivity index (χ0v) is 11.8. The Morgan fingerprint density at radius 2 is 2.18 bits per heavy atom. The molecule has 110 valence electrons. The first-order chi connectivity index (χ1) is 10.7. The van der Waals surface area contributed by atoms with Crippen LogP contribution in [-0.2, 0) is 4.74 Å². The van der Waals surface area contributed by atoms with Gasteiger partial charge in [0.15, 0.2) is 6.29 Å². The molecule has 0 aliphatic rings. The number of rotatable bonds is 4. The number of benzene rings is 1. The number of H-pyrrole nitrogens is 1. The van der Waals surface area contributed by atoms with Crippen molar-refractivity contribution in [3.63, 3.8) is 0 Å². The Morgan fingerprint density at radius 1 is 1.41 bits per heavy atom. The number of nitrogens with one attached hydrogen (secondary N) is 2. The fourth-order valence-corrected chi connectivity index (χ4v) is 2.10. The number of aliphatic imine (C=N–C) groups is 1. The van der Waals surface area contributed by atoms with E-state index >= 15 is 0 Å². The van der Waals surface area contributed by atoms with E-state index in [1.54, 1.807) is 10.7 Å². The number of imidazole rings is 1. The van der Waals surface area contributed by atoms with Crippen LogP contribution >= 0.6 is 0 Å². The van der Waals surface area contributed by atoms with Gasteiger partial charge in [0.1, 0.15) is 17.2 Å². The lowest BCUT2D eigenvalue weighted by Gasteiger charge is -1.96. The van der Waals surface area contributed by atoms with Crippen molar-refractivity contribution in [1.29, 1.82) is 5.41 Å². The van der Waals surface area contributed by atoms with E-state index < -0.39 is 0 Å². The van der Waals surface area contributed by atoms with Crippen LogP contribution in [0.2, 0.25) is 0 Å². The number of aromatic amines is 1. The lowest BCUT2D eigenvalue weighted by molar-refractivity contribution is 0.112. The molecule has 0 amide bonds. The molecule has 0 aliphatic heterocycles. The molecule has 0 atom stereocenters. The molecule has 0 saturated heterocycles. The van der Waals surface area contributed by atoms with Crippen LogP contribution in [0.3, 0.4) is 0 Å². The molecule has 2 aromatic heterocycles. The molecule has 1 aromatic carbocycles. The first-order valence-corrected chi connectivity index (χ1v) is 6.51. The second kappa shape index (κ2) is 5.65. The molecule has 7 heteroatoms. The quantitative estimate of drug-likeness (QED) is 0.439. The fraction of sp³-hybridized carbons (Fsp3) is 0.0667. The smallest absolute Gasteiger partial charge is 0.224 e. The van der Waals surface area contributed by atoms with Crippen molar-refractivity contribution in [3.8, 4) is 11.3 Å². The summed E-state index contributed by atoms with van der Waals surface area (Å²) in [6, 6.07) is 9.48. The third-order valence-electron chi connectivity index (χ3n) is 3.14. The van der Waals surface area contributed by atoms with Gasteiger partial charge in [0.25, 0.3) is 0 Å². The number of hydrogen-bond acceptors (Lipinski definition) is 5. The molecule has 7 nitrogen and oxygen atoms in total. The molecule has 0 radical (unpaired) electrons. The van der Waals surface area contributed by atoms with Crippen LogP contribution in [0.15, 0.2) is 41.5 Å². The third kappa shape index (κ3) is 2.39. The van der Waals surface area contributed by atoms with E-state index in [1.807, 2.05) is 30.3 Å². The molecule has 0 spiro atoms. The van der Waals surface area contributed by atoms with Gasteiger partial charge in [-0.15, -0.1) is 0 Å². The number of fused-ring (bicyclic) bond motifs is 1. The minimum atomic E-state index is -0.0622. The largest absolute Gasteiger partial charge is 0.480 e. The highest BCUT2D eigenvalue weighted by atomic mass is 16.5. The SMILES string of the molecule is COC(=N)/C=N\c1cn2nc(-c3ccccc3)c(C=O)c2[nH]1. The van der Waals surface area contributed by atoms with Gasteiger partial charge in [-0.1, -0.05) is 30.3 Å². The predicted molar refractivity (Wildman–Crippen MR) is 83.3 cm³/mol. The van der Waals surface area contributed by atoms with E-state index in [2.05, 4.69) is 15.1 Å². The monoisotopic (exact) mass is 295 g/mol. The molecule has 0 saturated carbocycles. The summed E-state index contributed by atoms with van der Waals surface area (Å²) in [5, 5.41) is 11.8.